The van der Waals surface area contributed by atoms with Gasteiger partial charge in [0.1, 0.15) is 11.6 Å². The summed E-state index contributed by atoms with van der Waals surface area (Å²) in [7, 11) is -3.59. The average Bonchev–Trinajstić information content (AvgIpc) is 2.69. The van der Waals surface area contributed by atoms with Crippen molar-refractivity contribution in [3.63, 3.8) is 0 Å². The van der Waals surface area contributed by atoms with E-state index in [4.69, 9.17) is 9.72 Å². The van der Waals surface area contributed by atoms with E-state index in [-0.39, 0.29) is 23.3 Å². The number of pyridine rings is 1. The Hall–Kier alpha value is -2.48. The molecule has 1 aromatic carbocycles. The molecule has 0 bridgehead atoms. The summed E-state index contributed by atoms with van der Waals surface area (Å²) >= 11 is 0. The maximum absolute atomic E-state index is 14.3. The number of nitrogens with one attached hydrogen (secondary N) is 1. The fraction of sp³-hybridized carbons (Fsp3) is 0.520. The van der Waals surface area contributed by atoms with Gasteiger partial charge in [0, 0.05) is 29.0 Å². The van der Waals surface area contributed by atoms with Gasteiger partial charge in [0.05, 0.1) is 18.6 Å². The maximum Gasteiger partial charge on any atom is 0.229 e. The maximum atomic E-state index is 14.3. The highest BCUT2D eigenvalue weighted by molar-refractivity contribution is 7.92. The topological polar surface area (TPSA) is 85.4 Å². The zero-order valence-electron chi connectivity index (χ0n) is 20.5. The minimum atomic E-state index is -3.59. The van der Waals surface area contributed by atoms with Crippen molar-refractivity contribution >= 4 is 21.5 Å². The van der Waals surface area contributed by atoms with E-state index >= 15 is 0 Å². The lowest BCUT2D eigenvalue weighted by atomic mass is 9.90. The molecule has 0 aliphatic carbocycles. The van der Waals surface area contributed by atoms with Crippen molar-refractivity contribution in [2.75, 3.05) is 17.6 Å². The molecule has 0 amide bonds. The van der Waals surface area contributed by atoms with E-state index in [0.29, 0.717) is 30.4 Å². The van der Waals surface area contributed by atoms with E-state index in [2.05, 4.69) is 39.3 Å². The first-order valence-corrected chi connectivity index (χ1v) is 13.0. The first kappa shape index (κ1) is 26.8. The van der Waals surface area contributed by atoms with E-state index in [1.54, 1.807) is 13.0 Å². The monoisotopic (exact) mass is 478 g/mol. The van der Waals surface area contributed by atoms with E-state index < -0.39 is 21.8 Å². The molecule has 0 saturated heterocycles. The van der Waals surface area contributed by atoms with Crippen LogP contribution >= 0.6 is 0 Å². The molecule has 1 atom stereocenters. The van der Waals surface area contributed by atoms with Crippen molar-refractivity contribution in [3.05, 3.63) is 53.0 Å². The number of nitrogens with zero attached hydrogens (tertiary/aromatic N) is 1. The Kier molecular flexibility index (Phi) is 8.63. The quantitative estimate of drug-likeness (QED) is 0.505. The van der Waals surface area contributed by atoms with Crippen molar-refractivity contribution in [2.45, 2.75) is 65.7 Å². The summed E-state index contributed by atoms with van der Waals surface area (Å²) in [6.45, 7) is 12.6. The Bertz CT molecular complexity index is 1090. The standard InChI is InChI=1S/C25H35FN2O4S/c1-16(2)15-32-24-18(10-13-23(27-24)25(4,5)6)9-12-22(29)17(3)19-8-11-21(20(26)14-19)28-33(7,30)31/h8,10-11,13-14,16-17,28H,9,12,15H2,1-7H3. The summed E-state index contributed by atoms with van der Waals surface area (Å²) in [6, 6.07) is 8.03. The number of aryl methyl sites for hydroxylation is 1. The number of hydrogen-bond acceptors (Lipinski definition) is 5. The highest BCUT2D eigenvalue weighted by Gasteiger charge is 2.21. The van der Waals surface area contributed by atoms with Crippen LogP contribution in [-0.2, 0) is 26.7 Å². The number of aromatic nitrogens is 1. The van der Waals surface area contributed by atoms with Crippen LogP contribution in [0.4, 0.5) is 10.1 Å². The van der Waals surface area contributed by atoms with Crippen LogP contribution in [0.5, 0.6) is 5.88 Å². The number of halogens is 1. The van der Waals surface area contributed by atoms with Crippen molar-refractivity contribution in [1.29, 1.82) is 0 Å². The van der Waals surface area contributed by atoms with Gasteiger partial charge < -0.3 is 4.74 Å². The highest BCUT2D eigenvalue weighted by atomic mass is 32.2. The van der Waals surface area contributed by atoms with Crippen LogP contribution in [0.25, 0.3) is 0 Å². The predicted molar refractivity (Wildman–Crippen MR) is 130 cm³/mol. The van der Waals surface area contributed by atoms with Gasteiger partial charge in [-0.3, -0.25) is 9.52 Å². The number of carbonyl (C=O) groups excluding carboxylic acids is 1. The van der Waals surface area contributed by atoms with Crippen LogP contribution in [0.15, 0.2) is 30.3 Å². The van der Waals surface area contributed by atoms with Crippen molar-refractivity contribution < 1.29 is 22.3 Å². The van der Waals surface area contributed by atoms with Crippen LogP contribution in [0.3, 0.4) is 0 Å². The van der Waals surface area contributed by atoms with E-state index in [1.165, 1.54) is 12.1 Å². The molecule has 2 rings (SSSR count). The second-order valence-electron chi connectivity index (χ2n) is 9.92. The fourth-order valence-electron chi connectivity index (χ4n) is 3.19. The predicted octanol–water partition coefficient (Wildman–Crippen LogP) is 5.23. The van der Waals surface area contributed by atoms with Crippen molar-refractivity contribution in [3.8, 4) is 5.88 Å². The SMILES string of the molecule is CC(C)COc1nc(C(C)(C)C)ccc1CCC(=O)C(C)c1ccc(NS(C)(=O)=O)c(F)c1. The lowest BCUT2D eigenvalue weighted by Crippen LogP contribution is -2.17. The molecule has 33 heavy (non-hydrogen) atoms. The number of benzene rings is 1. The second kappa shape index (κ2) is 10.6. The third-order valence-corrected chi connectivity index (χ3v) is 5.76. The average molecular weight is 479 g/mol. The summed E-state index contributed by atoms with van der Waals surface area (Å²) in [5, 5.41) is 0. The minimum Gasteiger partial charge on any atom is -0.477 e. The summed E-state index contributed by atoms with van der Waals surface area (Å²) in [6.07, 6.45) is 1.67. The highest BCUT2D eigenvalue weighted by Crippen LogP contribution is 2.28. The Labute approximate surface area is 197 Å². The van der Waals surface area contributed by atoms with Gasteiger partial charge >= 0.3 is 0 Å². The summed E-state index contributed by atoms with van der Waals surface area (Å²) in [5.74, 6) is -0.404. The van der Waals surface area contributed by atoms with E-state index in [9.17, 15) is 17.6 Å². The molecule has 182 valence electrons. The fourth-order valence-corrected chi connectivity index (χ4v) is 3.76. The number of carbonyl (C=O) groups is 1. The van der Waals surface area contributed by atoms with E-state index in [1.807, 2.05) is 12.1 Å². The molecule has 0 spiro atoms. The summed E-state index contributed by atoms with van der Waals surface area (Å²) in [5.41, 5.74) is 2.01. The number of Topliss-reactive ketones (excluding diaryl/α,β-unsaturated/α-hetero) is 1. The molecule has 1 heterocycles. The minimum absolute atomic E-state index is 0.0482. The molecule has 1 aromatic heterocycles. The van der Waals surface area contributed by atoms with Crippen LogP contribution in [0.2, 0.25) is 0 Å². The van der Waals surface area contributed by atoms with Gasteiger partial charge in [0.25, 0.3) is 0 Å². The van der Waals surface area contributed by atoms with Crippen LogP contribution in [-0.4, -0.2) is 32.0 Å². The van der Waals surface area contributed by atoms with Crippen molar-refractivity contribution in [1.82, 2.24) is 4.98 Å². The number of ketones is 1. The number of sulfonamides is 1. The van der Waals surface area contributed by atoms with Gasteiger partial charge in [-0.1, -0.05) is 53.7 Å². The van der Waals surface area contributed by atoms with Crippen LogP contribution < -0.4 is 9.46 Å². The Morgan fingerprint density at radius 3 is 2.36 bits per heavy atom. The van der Waals surface area contributed by atoms with E-state index in [0.717, 1.165) is 17.5 Å². The zero-order valence-corrected chi connectivity index (χ0v) is 21.3. The number of hydrogen-bond donors (Lipinski definition) is 1. The molecular weight excluding hydrogens is 443 g/mol. The van der Waals surface area contributed by atoms with Crippen molar-refractivity contribution in [2.24, 2.45) is 5.92 Å². The lowest BCUT2D eigenvalue weighted by molar-refractivity contribution is -0.120. The summed E-state index contributed by atoms with van der Waals surface area (Å²) in [4.78, 5) is 17.6. The van der Waals surface area contributed by atoms with Gasteiger partial charge in [-0.05, 0) is 36.1 Å². The molecule has 1 unspecified atom stereocenters. The van der Waals surface area contributed by atoms with Gasteiger partial charge in [0.2, 0.25) is 15.9 Å². The molecule has 2 aromatic rings. The molecule has 0 aliphatic rings. The molecule has 6 nitrogen and oxygen atoms in total. The largest absolute Gasteiger partial charge is 0.477 e. The molecule has 0 saturated carbocycles. The Morgan fingerprint density at radius 2 is 1.82 bits per heavy atom. The zero-order chi connectivity index (χ0) is 25.0. The first-order valence-electron chi connectivity index (χ1n) is 11.1. The van der Waals surface area contributed by atoms with Gasteiger partial charge in [0.15, 0.2) is 0 Å². The number of ether oxygens (including phenoxy) is 1. The normalized spacial score (nSPS) is 13.1. The molecule has 1 N–H and O–H groups in total. The summed E-state index contributed by atoms with van der Waals surface area (Å²) < 4.78 is 45.1. The molecule has 0 fully saturated rings. The second-order valence-corrected chi connectivity index (χ2v) is 11.7. The van der Waals surface area contributed by atoms with Gasteiger partial charge in [-0.2, -0.15) is 0 Å². The third-order valence-electron chi connectivity index (χ3n) is 5.17. The lowest BCUT2D eigenvalue weighted by Gasteiger charge is -2.21. The first-order chi connectivity index (χ1) is 15.2. The van der Waals surface area contributed by atoms with Gasteiger partial charge in [-0.25, -0.2) is 17.8 Å². The Balaban J connectivity index is 2.15. The molecule has 0 aliphatic heterocycles. The van der Waals surface area contributed by atoms with Crippen LogP contribution in [0.1, 0.15) is 70.7 Å². The molecular formula is C25H35FN2O4S. The van der Waals surface area contributed by atoms with Gasteiger partial charge in [-0.15, -0.1) is 0 Å². The Morgan fingerprint density at radius 1 is 1.15 bits per heavy atom. The molecule has 8 heteroatoms. The smallest absolute Gasteiger partial charge is 0.229 e. The third kappa shape index (κ3) is 8.11. The van der Waals surface area contributed by atoms with Crippen LogP contribution in [0, 0.1) is 11.7 Å². The number of anilines is 1. The molecule has 0 radical (unpaired) electrons. The number of rotatable bonds is 10.